The van der Waals surface area contributed by atoms with Crippen LogP contribution in [0.3, 0.4) is 0 Å². The van der Waals surface area contributed by atoms with E-state index in [1.54, 1.807) is 0 Å². The molecule has 1 aliphatic heterocycles. The molecule has 1 fully saturated rings. The lowest BCUT2D eigenvalue weighted by Gasteiger charge is -2.22. The second kappa shape index (κ2) is 4.05. The number of hydrogen-bond donors (Lipinski definition) is 0. The van der Waals surface area contributed by atoms with Gasteiger partial charge in [-0.25, -0.2) is 9.97 Å². The summed E-state index contributed by atoms with van der Waals surface area (Å²) in [6, 6.07) is 4.35. The SMILES string of the molecule is CC(C)(C)c1nc2cccnc2n1C1CCOC1. The topological polar surface area (TPSA) is 39.9 Å². The number of imidazole rings is 1. The van der Waals surface area contributed by atoms with Crippen molar-refractivity contribution in [2.45, 2.75) is 38.6 Å². The van der Waals surface area contributed by atoms with Gasteiger partial charge in [0.05, 0.1) is 12.6 Å². The molecule has 0 N–H and O–H groups in total. The van der Waals surface area contributed by atoms with Crippen molar-refractivity contribution < 1.29 is 4.74 Å². The fraction of sp³-hybridized carbons (Fsp3) is 0.571. The second-order valence-electron chi connectivity index (χ2n) is 5.92. The Labute approximate surface area is 107 Å². The Morgan fingerprint density at radius 2 is 2.22 bits per heavy atom. The van der Waals surface area contributed by atoms with E-state index in [4.69, 9.17) is 9.72 Å². The van der Waals surface area contributed by atoms with E-state index >= 15 is 0 Å². The molecule has 1 saturated heterocycles. The molecular formula is C14H19N3O. The molecule has 0 spiro atoms. The van der Waals surface area contributed by atoms with Crippen molar-refractivity contribution in [2.24, 2.45) is 0 Å². The first-order valence-corrected chi connectivity index (χ1v) is 6.48. The number of fused-ring (bicyclic) bond motifs is 1. The van der Waals surface area contributed by atoms with Gasteiger partial charge in [0.15, 0.2) is 5.65 Å². The highest BCUT2D eigenvalue weighted by Gasteiger charge is 2.29. The molecule has 4 heteroatoms. The van der Waals surface area contributed by atoms with Gasteiger partial charge < -0.3 is 9.30 Å². The van der Waals surface area contributed by atoms with Gasteiger partial charge in [0.25, 0.3) is 0 Å². The molecule has 1 unspecified atom stereocenters. The first-order chi connectivity index (χ1) is 8.57. The lowest BCUT2D eigenvalue weighted by molar-refractivity contribution is 0.186. The van der Waals surface area contributed by atoms with Crippen LogP contribution in [0.1, 0.15) is 39.1 Å². The van der Waals surface area contributed by atoms with Crippen molar-refractivity contribution in [3.63, 3.8) is 0 Å². The summed E-state index contributed by atoms with van der Waals surface area (Å²) in [5.74, 6) is 1.10. The third kappa shape index (κ3) is 1.81. The summed E-state index contributed by atoms with van der Waals surface area (Å²) in [4.78, 5) is 9.28. The van der Waals surface area contributed by atoms with Gasteiger partial charge in [0.1, 0.15) is 11.3 Å². The zero-order valence-corrected chi connectivity index (χ0v) is 11.2. The molecule has 0 aliphatic carbocycles. The van der Waals surface area contributed by atoms with E-state index in [1.165, 1.54) is 0 Å². The standard InChI is InChI=1S/C14H19N3O/c1-14(2,3)13-16-11-5-4-7-15-12(11)17(13)10-6-8-18-9-10/h4-5,7,10H,6,8-9H2,1-3H3. The Morgan fingerprint density at radius 3 is 2.89 bits per heavy atom. The first-order valence-electron chi connectivity index (χ1n) is 6.48. The van der Waals surface area contributed by atoms with Crippen LogP contribution in [-0.2, 0) is 10.2 Å². The summed E-state index contributed by atoms with van der Waals surface area (Å²) < 4.78 is 7.80. The highest BCUT2D eigenvalue weighted by Crippen LogP contribution is 2.31. The van der Waals surface area contributed by atoms with Crippen molar-refractivity contribution in [1.29, 1.82) is 0 Å². The quantitative estimate of drug-likeness (QED) is 0.775. The van der Waals surface area contributed by atoms with Crippen LogP contribution in [-0.4, -0.2) is 27.7 Å². The fourth-order valence-corrected chi connectivity index (χ4v) is 2.53. The molecule has 18 heavy (non-hydrogen) atoms. The number of nitrogens with zero attached hydrogens (tertiary/aromatic N) is 3. The Balaban J connectivity index is 2.24. The van der Waals surface area contributed by atoms with E-state index in [2.05, 4.69) is 30.3 Å². The number of ether oxygens (including phenoxy) is 1. The summed E-state index contributed by atoms with van der Waals surface area (Å²) in [5, 5.41) is 0. The molecule has 2 aromatic rings. The van der Waals surface area contributed by atoms with E-state index in [9.17, 15) is 0 Å². The fourth-order valence-electron chi connectivity index (χ4n) is 2.53. The van der Waals surface area contributed by atoms with Gasteiger partial charge >= 0.3 is 0 Å². The van der Waals surface area contributed by atoms with E-state index in [0.29, 0.717) is 6.04 Å². The number of hydrogen-bond acceptors (Lipinski definition) is 3. The lowest BCUT2D eigenvalue weighted by Crippen LogP contribution is -2.22. The van der Waals surface area contributed by atoms with Crippen molar-refractivity contribution >= 4 is 11.2 Å². The van der Waals surface area contributed by atoms with Crippen LogP contribution in [0.5, 0.6) is 0 Å². The zero-order chi connectivity index (χ0) is 12.8. The lowest BCUT2D eigenvalue weighted by atomic mass is 9.95. The van der Waals surface area contributed by atoms with Crippen molar-refractivity contribution in [2.75, 3.05) is 13.2 Å². The van der Waals surface area contributed by atoms with Crippen molar-refractivity contribution in [1.82, 2.24) is 14.5 Å². The van der Waals surface area contributed by atoms with E-state index in [0.717, 1.165) is 36.6 Å². The largest absolute Gasteiger partial charge is 0.379 e. The molecule has 0 radical (unpaired) electrons. The number of aromatic nitrogens is 3. The smallest absolute Gasteiger partial charge is 0.160 e. The Morgan fingerprint density at radius 1 is 1.39 bits per heavy atom. The minimum atomic E-state index is 0.0172. The summed E-state index contributed by atoms with van der Waals surface area (Å²) in [6.45, 7) is 8.19. The number of rotatable bonds is 1. The molecule has 96 valence electrons. The van der Waals surface area contributed by atoms with Gasteiger partial charge in [0.2, 0.25) is 0 Å². The minimum absolute atomic E-state index is 0.0172. The maximum absolute atomic E-state index is 5.52. The molecule has 1 atom stereocenters. The third-order valence-corrected chi connectivity index (χ3v) is 3.39. The predicted molar refractivity (Wildman–Crippen MR) is 70.7 cm³/mol. The number of pyridine rings is 1. The third-order valence-electron chi connectivity index (χ3n) is 3.39. The molecule has 0 saturated carbocycles. The average molecular weight is 245 g/mol. The van der Waals surface area contributed by atoms with Crippen molar-refractivity contribution in [3.05, 3.63) is 24.2 Å². The molecule has 0 amide bonds. The predicted octanol–water partition coefficient (Wildman–Crippen LogP) is 2.69. The van der Waals surface area contributed by atoms with Crippen LogP contribution in [0.4, 0.5) is 0 Å². The molecule has 4 nitrogen and oxygen atoms in total. The minimum Gasteiger partial charge on any atom is -0.379 e. The highest BCUT2D eigenvalue weighted by molar-refractivity contribution is 5.71. The van der Waals surface area contributed by atoms with Gasteiger partial charge in [-0.15, -0.1) is 0 Å². The molecule has 0 bridgehead atoms. The van der Waals surface area contributed by atoms with E-state index in [-0.39, 0.29) is 5.41 Å². The Bertz CT molecular complexity index is 562. The van der Waals surface area contributed by atoms with E-state index in [1.807, 2.05) is 18.3 Å². The average Bonchev–Trinajstić information content (AvgIpc) is 2.94. The van der Waals surface area contributed by atoms with Crippen LogP contribution in [0.15, 0.2) is 18.3 Å². The molecule has 3 rings (SSSR count). The van der Waals surface area contributed by atoms with Crippen LogP contribution < -0.4 is 0 Å². The zero-order valence-electron chi connectivity index (χ0n) is 11.2. The van der Waals surface area contributed by atoms with Gasteiger partial charge in [-0.3, -0.25) is 0 Å². The maximum atomic E-state index is 5.52. The summed E-state index contributed by atoms with van der Waals surface area (Å²) in [7, 11) is 0. The summed E-state index contributed by atoms with van der Waals surface area (Å²) in [6.07, 6.45) is 2.88. The Kier molecular flexibility index (Phi) is 2.63. The van der Waals surface area contributed by atoms with Gasteiger partial charge in [-0.2, -0.15) is 0 Å². The second-order valence-corrected chi connectivity index (χ2v) is 5.92. The van der Waals surface area contributed by atoms with Crippen molar-refractivity contribution in [3.8, 4) is 0 Å². The van der Waals surface area contributed by atoms with Crippen LogP contribution in [0.25, 0.3) is 11.2 Å². The van der Waals surface area contributed by atoms with E-state index < -0.39 is 0 Å². The Hall–Kier alpha value is -1.42. The molecular weight excluding hydrogens is 226 g/mol. The normalized spacial score (nSPS) is 20.7. The summed E-state index contributed by atoms with van der Waals surface area (Å²) >= 11 is 0. The van der Waals surface area contributed by atoms with Gasteiger partial charge in [0, 0.05) is 18.2 Å². The molecule has 2 aromatic heterocycles. The summed E-state index contributed by atoms with van der Waals surface area (Å²) in [5.41, 5.74) is 1.98. The van der Waals surface area contributed by atoms with Crippen LogP contribution in [0.2, 0.25) is 0 Å². The molecule has 0 aromatic carbocycles. The monoisotopic (exact) mass is 245 g/mol. The van der Waals surface area contributed by atoms with Gasteiger partial charge in [-0.1, -0.05) is 20.8 Å². The molecule has 1 aliphatic rings. The molecule has 3 heterocycles. The maximum Gasteiger partial charge on any atom is 0.160 e. The first kappa shape index (κ1) is 11.7. The van der Waals surface area contributed by atoms with Crippen LogP contribution >= 0.6 is 0 Å². The van der Waals surface area contributed by atoms with Crippen LogP contribution in [0, 0.1) is 0 Å². The highest BCUT2D eigenvalue weighted by atomic mass is 16.5. The van der Waals surface area contributed by atoms with Gasteiger partial charge in [-0.05, 0) is 18.6 Å².